The summed E-state index contributed by atoms with van der Waals surface area (Å²) in [6.07, 6.45) is 8.83. The van der Waals surface area contributed by atoms with E-state index in [1.165, 1.54) is 0 Å². The molecule has 0 heterocycles. The van der Waals surface area contributed by atoms with Crippen molar-refractivity contribution >= 4 is 24.8 Å². The molecule has 0 unspecified atom stereocenters. The minimum absolute atomic E-state index is 0.0450. The van der Waals surface area contributed by atoms with Crippen molar-refractivity contribution in [3.05, 3.63) is 43.0 Å². The predicted molar refractivity (Wildman–Crippen MR) is 135 cm³/mol. The zero-order chi connectivity index (χ0) is 24.3. The summed E-state index contributed by atoms with van der Waals surface area (Å²) in [6.45, 7) is 10.6. The summed E-state index contributed by atoms with van der Waals surface area (Å²) in [6, 6.07) is 10.8. The summed E-state index contributed by atoms with van der Waals surface area (Å²) in [4.78, 5) is 0.210. The summed E-state index contributed by atoms with van der Waals surface area (Å²) in [7, 11) is -3.92. The molecule has 6 heteroatoms. The first-order chi connectivity index (χ1) is 15.6. The van der Waals surface area contributed by atoms with E-state index in [0.29, 0.717) is 17.7 Å². The first kappa shape index (κ1) is 26.5. The quantitative estimate of drug-likeness (QED) is 0.209. The number of nitrogens with zero attached hydrogens (tertiary/aromatic N) is 1. The van der Waals surface area contributed by atoms with E-state index < -0.39 is 40.5 Å². The van der Waals surface area contributed by atoms with Crippen molar-refractivity contribution in [3.63, 3.8) is 0 Å². The standard InChI is InChI=1S/C27H39NO3SSe/c1-5-7-8-10-13-21(6-2)27(19-28,32(30,31)23-14-11-9-12-15-23)33-20-26-17-16-22(18-24(26)29)25(26,3)4/h6,9,11-12,14-15,21-22,24,29H,2,5,7-8,10,13,16-18,20H2,1,3-4H3/t21-,22-,24-,26-,27+/m1/s1. The molecule has 1 aromatic carbocycles. The van der Waals surface area contributed by atoms with Gasteiger partial charge in [-0.1, -0.05) is 0 Å². The van der Waals surface area contributed by atoms with E-state index in [2.05, 4.69) is 33.4 Å². The van der Waals surface area contributed by atoms with Crippen molar-refractivity contribution in [2.75, 3.05) is 0 Å². The third-order valence-corrected chi connectivity index (χ3v) is 15.9. The van der Waals surface area contributed by atoms with Crippen LogP contribution in [0.4, 0.5) is 0 Å². The molecule has 4 nitrogen and oxygen atoms in total. The molecule has 1 aromatic rings. The van der Waals surface area contributed by atoms with Gasteiger partial charge in [-0.2, -0.15) is 0 Å². The predicted octanol–water partition coefficient (Wildman–Crippen LogP) is 5.76. The van der Waals surface area contributed by atoms with Crippen LogP contribution in [0.5, 0.6) is 0 Å². The molecule has 182 valence electrons. The second kappa shape index (κ2) is 10.2. The van der Waals surface area contributed by atoms with Gasteiger partial charge in [0.2, 0.25) is 0 Å². The average molecular weight is 537 g/mol. The number of unbranched alkanes of at least 4 members (excludes halogenated alkanes) is 3. The Labute approximate surface area is 206 Å². The maximum absolute atomic E-state index is 14.1. The Morgan fingerprint density at radius 1 is 1.30 bits per heavy atom. The van der Waals surface area contributed by atoms with Crippen LogP contribution < -0.4 is 0 Å². The van der Waals surface area contributed by atoms with E-state index in [9.17, 15) is 18.8 Å². The fraction of sp³-hybridized carbons (Fsp3) is 0.667. The van der Waals surface area contributed by atoms with Crippen LogP contribution in [0.25, 0.3) is 0 Å². The second-order valence-corrected chi connectivity index (χ2v) is 15.7. The van der Waals surface area contributed by atoms with Crippen molar-refractivity contribution in [1.29, 1.82) is 5.26 Å². The molecule has 1 N–H and O–H groups in total. The fourth-order valence-electron chi connectivity index (χ4n) is 6.20. The molecule has 0 aromatic heterocycles. The molecule has 5 atom stereocenters. The molecular formula is C27H39NO3SSe. The Kier molecular flexibility index (Phi) is 8.22. The van der Waals surface area contributed by atoms with Crippen molar-refractivity contribution < 1.29 is 13.5 Å². The van der Waals surface area contributed by atoms with Crippen LogP contribution in [0.2, 0.25) is 5.32 Å². The third kappa shape index (κ3) is 4.36. The number of allylic oxidation sites excluding steroid dienone is 1. The van der Waals surface area contributed by atoms with Crippen molar-refractivity contribution in [3.8, 4) is 6.07 Å². The van der Waals surface area contributed by atoms with Crippen LogP contribution in [0, 0.1) is 34.0 Å². The van der Waals surface area contributed by atoms with Crippen LogP contribution in [-0.2, 0) is 9.84 Å². The molecule has 33 heavy (non-hydrogen) atoms. The first-order valence-corrected chi connectivity index (χ1v) is 15.8. The molecule has 0 saturated heterocycles. The van der Waals surface area contributed by atoms with Gasteiger partial charge in [0, 0.05) is 0 Å². The molecule has 0 radical (unpaired) electrons. The van der Waals surface area contributed by atoms with Crippen LogP contribution in [-0.4, -0.2) is 38.2 Å². The minimum atomic E-state index is -3.92. The number of nitriles is 1. The van der Waals surface area contributed by atoms with Gasteiger partial charge in [-0.25, -0.2) is 0 Å². The molecule has 2 bridgehead atoms. The summed E-state index contributed by atoms with van der Waals surface area (Å²) in [5, 5.41) is 22.2. The maximum atomic E-state index is 14.1. The van der Waals surface area contributed by atoms with Gasteiger partial charge in [0.15, 0.2) is 0 Å². The molecule has 3 rings (SSSR count). The number of hydrogen-bond donors (Lipinski definition) is 1. The van der Waals surface area contributed by atoms with Crippen molar-refractivity contribution in [1.82, 2.24) is 0 Å². The van der Waals surface area contributed by atoms with Crippen LogP contribution in [0.1, 0.15) is 72.1 Å². The van der Waals surface area contributed by atoms with Crippen LogP contribution in [0.3, 0.4) is 0 Å². The Morgan fingerprint density at radius 3 is 2.52 bits per heavy atom. The van der Waals surface area contributed by atoms with Gasteiger partial charge in [0.05, 0.1) is 0 Å². The molecule has 0 spiro atoms. The molecular weight excluding hydrogens is 497 g/mol. The van der Waals surface area contributed by atoms with Gasteiger partial charge in [-0.05, 0) is 0 Å². The Balaban J connectivity index is 2.01. The van der Waals surface area contributed by atoms with Crippen molar-refractivity contribution in [2.45, 2.75) is 92.1 Å². The molecule has 0 amide bonds. The van der Waals surface area contributed by atoms with Gasteiger partial charge in [0.1, 0.15) is 0 Å². The summed E-state index contributed by atoms with van der Waals surface area (Å²) in [5.74, 6) is 0.0366. The van der Waals surface area contributed by atoms with E-state index in [1.54, 1.807) is 36.4 Å². The summed E-state index contributed by atoms with van der Waals surface area (Å²) >= 11 is -0.544. The van der Waals surface area contributed by atoms with Gasteiger partial charge in [-0.3, -0.25) is 0 Å². The third-order valence-electron chi connectivity index (χ3n) is 8.68. The first-order valence-electron chi connectivity index (χ1n) is 12.3. The van der Waals surface area contributed by atoms with E-state index in [1.807, 2.05) is 0 Å². The Bertz CT molecular complexity index is 971. The molecule has 2 saturated carbocycles. The number of sulfone groups is 1. The fourth-order valence-corrected chi connectivity index (χ4v) is 13.4. The Hall–Kier alpha value is -1.12. The molecule has 0 aliphatic heterocycles. The molecule has 2 aliphatic carbocycles. The van der Waals surface area contributed by atoms with E-state index >= 15 is 0 Å². The van der Waals surface area contributed by atoms with E-state index in [0.717, 1.165) is 44.9 Å². The molecule has 2 fully saturated rings. The average Bonchev–Trinajstić information content (AvgIpc) is 3.16. The normalized spacial score (nSPS) is 28.7. The number of fused-ring (bicyclic) bond motifs is 2. The van der Waals surface area contributed by atoms with Crippen LogP contribution >= 0.6 is 0 Å². The molecule has 2 aliphatic rings. The number of aliphatic hydroxyl groups is 1. The summed E-state index contributed by atoms with van der Waals surface area (Å²) in [5.41, 5.74) is -0.351. The number of hydrogen-bond acceptors (Lipinski definition) is 4. The SMILES string of the molecule is C=C[C@H](CCCCCC)[C@](C#N)([Se]C[C@]12CC[C@H](C[C@H]1O)C2(C)C)S(=O)(=O)c1ccccc1. The van der Waals surface area contributed by atoms with Gasteiger partial charge >= 0.3 is 207 Å². The Morgan fingerprint density at radius 2 is 2.00 bits per heavy atom. The van der Waals surface area contributed by atoms with Gasteiger partial charge < -0.3 is 0 Å². The number of aliphatic hydroxyl groups excluding tert-OH is 1. The number of rotatable bonds is 12. The topological polar surface area (TPSA) is 78.2 Å². The van der Waals surface area contributed by atoms with Gasteiger partial charge in [0.25, 0.3) is 0 Å². The second-order valence-electron chi connectivity index (χ2n) is 10.4. The van der Waals surface area contributed by atoms with Crippen molar-refractivity contribution in [2.24, 2.45) is 22.7 Å². The number of benzene rings is 1. The zero-order valence-corrected chi connectivity index (χ0v) is 22.8. The van der Waals surface area contributed by atoms with E-state index in [-0.39, 0.29) is 15.7 Å². The van der Waals surface area contributed by atoms with Crippen LogP contribution in [0.15, 0.2) is 47.9 Å². The monoisotopic (exact) mass is 537 g/mol. The summed E-state index contributed by atoms with van der Waals surface area (Å²) < 4.78 is 26.7. The van der Waals surface area contributed by atoms with Gasteiger partial charge in [-0.15, -0.1) is 0 Å². The van der Waals surface area contributed by atoms with E-state index in [4.69, 9.17) is 0 Å². The zero-order valence-electron chi connectivity index (χ0n) is 20.3.